The number of benzene rings is 1. The van der Waals surface area contributed by atoms with E-state index in [1.807, 2.05) is 30.3 Å². The van der Waals surface area contributed by atoms with Crippen LogP contribution in [0.5, 0.6) is 0 Å². The summed E-state index contributed by atoms with van der Waals surface area (Å²) in [5.41, 5.74) is 3.02. The molecule has 0 aliphatic carbocycles. The quantitative estimate of drug-likeness (QED) is 0.714. The molecule has 0 amide bonds. The van der Waals surface area contributed by atoms with E-state index in [1.54, 1.807) is 5.51 Å². The van der Waals surface area contributed by atoms with Gasteiger partial charge in [0.2, 0.25) is 0 Å². The highest BCUT2D eigenvalue weighted by atomic mass is 32.1. The van der Waals surface area contributed by atoms with Gasteiger partial charge in [0.15, 0.2) is 10.3 Å². The molecule has 0 N–H and O–H groups in total. The third-order valence-electron chi connectivity index (χ3n) is 2.68. The standard InChI is InChI=1S/C12H10N4OS/c17-12-10-11(18-8-13-10)14-15-16(12)7-6-9-4-2-1-3-5-9/h1-5,8H,6-7H2. The number of fused-ring (bicyclic) bond motifs is 1. The lowest BCUT2D eigenvalue weighted by Crippen LogP contribution is -2.25. The molecule has 0 unspecified atom stereocenters. The number of rotatable bonds is 3. The Hall–Kier alpha value is -2.08. The molecule has 0 saturated heterocycles. The molecular weight excluding hydrogens is 248 g/mol. The van der Waals surface area contributed by atoms with Crippen molar-refractivity contribution in [3.8, 4) is 0 Å². The van der Waals surface area contributed by atoms with Gasteiger partial charge in [0.05, 0.1) is 12.1 Å². The van der Waals surface area contributed by atoms with Crippen LogP contribution in [0.3, 0.4) is 0 Å². The Bertz CT molecular complexity index is 720. The molecule has 2 heterocycles. The fourth-order valence-electron chi connectivity index (χ4n) is 1.74. The number of hydrogen-bond acceptors (Lipinski definition) is 5. The molecule has 3 aromatic rings. The fourth-order valence-corrected chi connectivity index (χ4v) is 2.33. The molecule has 6 heteroatoms. The Labute approximate surface area is 107 Å². The molecule has 0 aliphatic rings. The molecule has 0 atom stereocenters. The van der Waals surface area contributed by atoms with Gasteiger partial charge in [-0.3, -0.25) is 4.79 Å². The van der Waals surface area contributed by atoms with Gasteiger partial charge >= 0.3 is 0 Å². The van der Waals surface area contributed by atoms with Crippen LogP contribution in [0.4, 0.5) is 0 Å². The number of nitrogens with zero attached hydrogens (tertiary/aromatic N) is 4. The molecule has 2 aromatic heterocycles. The molecule has 0 aliphatic heterocycles. The monoisotopic (exact) mass is 258 g/mol. The van der Waals surface area contributed by atoms with Crippen LogP contribution in [0.1, 0.15) is 5.56 Å². The summed E-state index contributed by atoms with van der Waals surface area (Å²) in [6.07, 6.45) is 0.755. The fraction of sp³-hybridized carbons (Fsp3) is 0.167. The molecule has 0 saturated carbocycles. The van der Waals surface area contributed by atoms with Crippen LogP contribution in [0.15, 0.2) is 40.6 Å². The highest BCUT2D eigenvalue weighted by Gasteiger charge is 2.07. The van der Waals surface area contributed by atoms with Crippen LogP contribution in [-0.2, 0) is 13.0 Å². The number of thiazole rings is 1. The largest absolute Gasteiger partial charge is 0.297 e. The van der Waals surface area contributed by atoms with Gasteiger partial charge in [-0.25, -0.2) is 9.67 Å². The van der Waals surface area contributed by atoms with E-state index in [1.165, 1.54) is 21.6 Å². The van der Waals surface area contributed by atoms with E-state index in [4.69, 9.17) is 0 Å². The zero-order valence-electron chi connectivity index (χ0n) is 9.48. The Balaban J connectivity index is 1.87. The minimum absolute atomic E-state index is 0.169. The predicted molar refractivity (Wildman–Crippen MR) is 69.6 cm³/mol. The Morgan fingerprint density at radius 2 is 2.06 bits per heavy atom. The van der Waals surface area contributed by atoms with E-state index in [9.17, 15) is 4.79 Å². The lowest BCUT2D eigenvalue weighted by Gasteiger charge is -2.02. The van der Waals surface area contributed by atoms with Gasteiger partial charge in [-0.1, -0.05) is 35.5 Å². The van der Waals surface area contributed by atoms with Crippen molar-refractivity contribution in [3.63, 3.8) is 0 Å². The molecule has 0 fully saturated rings. The summed E-state index contributed by atoms with van der Waals surface area (Å²) in [5.74, 6) is 0. The van der Waals surface area contributed by atoms with Crippen molar-refractivity contribution < 1.29 is 0 Å². The van der Waals surface area contributed by atoms with Crippen molar-refractivity contribution in [1.82, 2.24) is 20.0 Å². The van der Waals surface area contributed by atoms with Gasteiger partial charge < -0.3 is 0 Å². The van der Waals surface area contributed by atoms with E-state index < -0.39 is 0 Å². The summed E-state index contributed by atoms with van der Waals surface area (Å²) in [7, 11) is 0. The van der Waals surface area contributed by atoms with Gasteiger partial charge in [0, 0.05) is 0 Å². The van der Waals surface area contributed by atoms with Gasteiger partial charge in [-0.15, -0.1) is 16.4 Å². The zero-order chi connectivity index (χ0) is 12.4. The molecule has 0 spiro atoms. The first-order chi connectivity index (χ1) is 8.84. The van der Waals surface area contributed by atoms with E-state index in [0.29, 0.717) is 16.9 Å². The maximum atomic E-state index is 12.0. The second-order valence-electron chi connectivity index (χ2n) is 3.86. The van der Waals surface area contributed by atoms with Crippen LogP contribution >= 0.6 is 11.3 Å². The van der Waals surface area contributed by atoms with Crippen molar-refractivity contribution >= 4 is 21.7 Å². The lowest BCUT2D eigenvalue weighted by atomic mass is 10.1. The summed E-state index contributed by atoms with van der Waals surface area (Å²) in [5, 5.41) is 7.90. The topological polar surface area (TPSA) is 60.7 Å². The summed E-state index contributed by atoms with van der Waals surface area (Å²) in [4.78, 5) is 16.6. The van der Waals surface area contributed by atoms with Crippen molar-refractivity contribution in [3.05, 3.63) is 51.8 Å². The average molecular weight is 258 g/mol. The van der Waals surface area contributed by atoms with E-state index >= 15 is 0 Å². The van der Waals surface area contributed by atoms with Crippen LogP contribution in [0, 0.1) is 0 Å². The Morgan fingerprint density at radius 3 is 2.89 bits per heavy atom. The van der Waals surface area contributed by atoms with Crippen molar-refractivity contribution in [2.45, 2.75) is 13.0 Å². The van der Waals surface area contributed by atoms with Gasteiger partial charge in [-0.05, 0) is 12.0 Å². The van der Waals surface area contributed by atoms with Gasteiger partial charge in [0.1, 0.15) is 0 Å². The SMILES string of the molecule is O=c1c2ncsc2nnn1CCc1ccccc1. The summed E-state index contributed by atoms with van der Waals surface area (Å²) < 4.78 is 1.37. The third-order valence-corrected chi connectivity index (χ3v) is 3.39. The molecular formula is C12H10N4OS. The molecule has 5 nitrogen and oxygen atoms in total. The third kappa shape index (κ3) is 2.02. The summed E-state index contributed by atoms with van der Waals surface area (Å²) >= 11 is 1.33. The highest BCUT2D eigenvalue weighted by Crippen LogP contribution is 2.08. The molecule has 0 radical (unpaired) electrons. The second kappa shape index (κ2) is 4.66. The first-order valence-corrected chi connectivity index (χ1v) is 6.43. The Kier molecular flexibility index (Phi) is 2.85. The van der Waals surface area contributed by atoms with Crippen molar-refractivity contribution in [1.29, 1.82) is 0 Å². The highest BCUT2D eigenvalue weighted by molar-refractivity contribution is 7.16. The van der Waals surface area contributed by atoms with Crippen molar-refractivity contribution in [2.24, 2.45) is 0 Å². The molecule has 1 aromatic carbocycles. The first kappa shape index (κ1) is 11.0. The molecule has 18 heavy (non-hydrogen) atoms. The van der Waals surface area contributed by atoms with E-state index in [2.05, 4.69) is 15.3 Å². The normalized spacial score (nSPS) is 10.9. The second-order valence-corrected chi connectivity index (χ2v) is 4.69. The predicted octanol–water partition coefficient (Wildman–Crippen LogP) is 1.49. The maximum absolute atomic E-state index is 12.0. The zero-order valence-corrected chi connectivity index (χ0v) is 10.3. The van der Waals surface area contributed by atoms with Gasteiger partial charge in [-0.2, -0.15) is 0 Å². The smallest absolute Gasteiger partial charge is 0.265 e. The Morgan fingerprint density at radius 1 is 1.22 bits per heavy atom. The van der Waals surface area contributed by atoms with Gasteiger partial charge in [0.25, 0.3) is 5.56 Å². The molecule has 90 valence electrons. The maximum Gasteiger partial charge on any atom is 0.297 e. The van der Waals surface area contributed by atoms with Crippen LogP contribution in [0.25, 0.3) is 10.3 Å². The summed E-state index contributed by atoms with van der Waals surface area (Å²) in [6.45, 7) is 0.517. The number of aromatic nitrogens is 4. The van der Waals surface area contributed by atoms with E-state index in [0.717, 1.165) is 6.42 Å². The number of hydrogen-bond donors (Lipinski definition) is 0. The number of aryl methyl sites for hydroxylation is 2. The van der Waals surface area contributed by atoms with E-state index in [-0.39, 0.29) is 5.56 Å². The van der Waals surface area contributed by atoms with Crippen LogP contribution in [0.2, 0.25) is 0 Å². The lowest BCUT2D eigenvalue weighted by molar-refractivity contribution is 0.549. The molecule has 3 rings (SSSR count). The van der Waals surface area contributed by atoms with Crippen LogP contribution < -0.4 is 5.56 Å². The molecule has 0 bridgehead atoms. The summed E-state index contributed by atoms with van der Waals surface area (Å²) in [6, 6.07) is 9.98. The van der Waals surface area contributed by atoms with Crippen LogP contribution in [-0.4, -0.2) is 20.0 Å². The minimum atomic E-state index is -0.169. The first-order valence-electron chi connectivity index (χ1n) is 5.55. The van der Waals surface area contributed by atoms with Crippen molar-refractivity contribution in [2.75, 3.05) is 0 Å². The average Bonchev–Trinajstić information content (AvgIpc) is 2.88. The minimum Gasteiger partial charge on any atom is -0.265 e.